The quantitative estimate of drug-likeness (QED) is 0.495. The summed E-state index contributed by atoms with van der Waals surface area (Å²) in [6, 6.07) is 0.180. The van der Waals surface area contributed by atoms with Crippen molar-refractivity contribution in [2.75, 3.05) is 13.1 Å². The summed E-state index contributed by atoms with van der Waals surface area (Å²) in [6.45, 7) is 5.42. The van der Waals surface area contributed by atoms with Crippen LogP contribution in [0.25, 0.3) is 0 Å². The van der Waals surface area contributed by atoms with E-state index in [0.29, 0.717) is 12.5 Å². The molecule has 1 fully saturated rings. The molecular weight excluding hydrogens is 192 g/mol. The maximum atomic E-state index is 11.1. The van der Waals surface area contributed by atoms with Gasteiger partial charge in [0.1, 0.15) is 0 Å². The molecule has 1 rings (SSSR count). The maximum Gasteiger partial charge on any atom is 0.222 e. The highest BCUT2D eigenvalue weighted by Gasteiger charge is 2.24. The highest BCUT2D eigenvalue weighted by molar-refractivity contribution is 5.81. The molecular formula is C10H20N4O. The van der Waals surface area contributed by atoms with E-state index < -0.39 is 0 Å². The summed E-state index contributed by atoms with van der Waals surface area (Å²) in [7, 11) is 0. The van der Waals surface area contributed by atoms with Crippen LogP contribution >= 0.6 is 0 Å². The van der Waals surface area contributed by atoms with Gasteiger partial charge in [-0.1, -0.05) is 0 Å². The SMILES string of the molecule is CC(C)N=C(N)N1CCCC(C(N)=O)C1. The van der Waals surface area contributed by atoms with Gasteiger partial charge in [0.25, 0.3) is 0 Å². The van der Waals surface area contributed by atoms with E-state index in [-0.39, 0.29) is 17.9 Å². The van der Waals surface area contributed by atoms with E-state index in [0.717, 1.165) is 19.4 Å². The average molecular weight is 212 g/mol. The van der Waals surface area contributed by atoms with Crippen LogP contribution < -0.4 is 11.5 Å². The average Bonchev–Trinajstić information content (AvgIpc) is 2.17. The normalized spacial score (nSPS) is 23.3. The minimum atomic E-state index is -0.239. The highest BCUT2D eigenvalue weighted by atomic mass is 16.1. The molecule has 0 radical (unpaired) electrons. The van der Waals surface area contributed by atoms with Gasteiger partial charge in [-0.25, -0.2) is 0 Å². The zero-order valence-corrected chi connectivity index (χ0v) is 9.44. The Kier molecular flexibility index (Phi) is 3.94. The molecule has 0 aliphatic carbocycles. The van der Waals surface area contributed by atoms with Crippen LogP contribution in [0.15, 0.2) is 4.99 Å². The van der Waals surface area contributed by atoms with Gasteiger partial charge in [-0.15, -0.1) is 0 Å². The van der Waals surface area contributed by atoms with Crippen LogP contribution in [0.3, 0.4) is 0 Å². The molecule has 1 aliphatic rings. The predicted molar refractivity (Wildman–Crippen MR) is 60.2 cm³/mol. The molecule has 0 spiro atoms. The molecule has 0 aromatic carbocycles. The van der Waals surface area contributed by atoms with Crippen molar-refractivity contribution in [3.8, 4) is 0 Å². The molecule has 15 heavy (non-hydrogen) atoms. The number of aliphatic imine (C=N–C) groups is 1. The van der Waals surface area contributed by atoms with Gasteiger partial charge in [-0.3, -0.25) is 9.79 Å². The summed E-state index contributed by atoms with van der Waals surface area (Å²) < 4.78 is 0. The lowest BCUT2D eigenvalue weighted by atomic mass is 9.98. The minimum Gasteiger partial charge on any atom is -0.370 e. The Morgan fingerprint density at radius 2 is 2.13 bits per heavy atom. The predicted octanol–water partition coefficient (Wildman–Crippen LogP) is -0.0932. The van der Waals surface area contributed by atoms with Crippen LogP contribution in [-0.4, -0.2) is 35.9 Å². The summed E-state index contributed by atoms with van der Waals surface area (Å²) in [4.78, 5) is 17.3. The van der Waals surface area contributed by atoms with Crippen LogP contribution in [0.5, 0.6) is 0 Å². The molecule has 1 aliphatic heterocycles. The molecule has 1 saturated heterocycles. The second kappa shape index (κ2) is 5.00. The number of guanidine groups is 1. The van der Waals surface area contributed by atoms with E-state index in [1.165, 1.54) is 0 Å². The minimum absolute atomic E-state index is 0.0836. The fourth-order valence-electron chi connectivity index (χ4n) is 1.76. The smallest absolute Gasteiger partial charge is 0.222 e. The van der Waals surface area contributed by atoms with Crippen LogP contribution in [-0.2, 0) is 4.79 Å². The van der Waals surface area contributed by atoms with Crippen LogP contribution in [0.4, 0.5) is 0 Å². The zero-order valence-electron chi connectivity index (χ0n) is 9.44. The number of hydrogen-bond donors (Lipinski definition) is 2. The van der Waals surface area contributed by atoms with Crippen molar-refractivity contribution in [2.24, 2.45) is 22.4 Å². The molecule has 4 N–H and O–H groups in total. The second-order valence-electron chi connectivity index (χ2n) is 4.27. The lowest BCUT2D eigenvalue weighted by Gasteiger charge is -2.32. The summed E-state index contributed by atoms with van der Waals surface area (Å²) in [5.74, 6) is 0.202. The van der Waals surface area contributed by atoms with Crippen molar-refractivity contribution in [3.63, 3.8) is 0 Å². The number of nitrogens with zero attached hydrogens (tertiary/aromatic N) is 2. The summed E-state index contributed by atoms with van der Waals surface area (Å²) in [6.07, 6.45) is 1.81. The third-order valence-corrected chi connectivity index (χ3v) is 2.54. The Balaban J connectivity index is 2.59. The molecule has 0 aromatic heterocycles. The first-order chi connectivity index (χ1) is 7.00. The van der Waals surface area contributed by atoms with E-state index >= 15 is 0 Å². The third kappa shape index (κ3) is 3.42. The number of piperidine rings is 1. The fraction of sp³-hybridized carbons (Fsp3) is 0.800. The Labute approximate surface area is 90.5 Å². The molecule has 1 unspecified atom stereocenters. The largest absolute Gasteiger partial charge is 0.370 e. The molecule has 5 heteroatoms. The van der Waals surface area contributed by atoms with E-state index in [9.17, 15) is 4.79 Å². The van der Waals surface area contributed by atoms with Gasteiger partial charge in [-0.05, 0) is 26.7 Å². The van der Waals surface area contributed by atoms with Gasteiger partial charge in [-0.2, -0.15) is 0 Å². The van der Waals surface area contributed by atoms with E-state index in [2.05, 4.69) is 4.99 Å². The van der Waals surface area contributed by atoms with E-state index in [1.807, 2.05) is 18.7 Å². The molecule has 1 heterocycles. The standard InChI is InChI=1S/C10H20N4O/c1-7(2)13-10(12)14-5-3-4-8(6-14)9(11)15/h7-8H,3-6H2,1-2H3,(H2,11,15)(H2,12,13). The number of nitrogens with two attached hydrogens (primary N) is 2. The number of primary amides is 1. The monoisotopic (exact) mass is 212 g/mol. The summed E-state index contributed by atoms with van der Waals surface area (Å²) in [5, 5.41) is 0. The third-order valence-electron chi connectivity index (χ3n) is 2.54. The number of likely N-dealkylation sites (tertiary alicyclic amines) is 1. The Morgan fingerprint density at radius 1 is 1.47 bits per heavy atom. The van der Waals surface area contributed by atoms with Crippen LogP contribution in [0.2, 0.25) is 0 Å². The van der Waals surface area contributed by atoms with Crippen molar-refractivity contribution >= 4 is 11.9 Å². The summed E-state index contributed by atoms with van der Waals surface area (Å²) >= 11 is 0. The lowest BCUT2D eigenvalue weighted by molar-refractivity contribution is -0.122. The number of amides is 1. The van der Waals surface area contributed by atoms with Crippen molar-refractivity contribution < 1.29 is 4.79 Å². The molecule has 0 saturated carbocycles. The molecule has 86 valence electrons. The second-order valence-corrected chi connectivity index (χ2v) is 4.27. The molecule has 0 aromatic rings. The Bertz CT molecular complexity index is 262. The highest BCUT2D eigenvalue weighted by Crippen LogP contribution is 2.15. The van der Waals surface area contributed by atoms with E-state index in [4.69, 9.17) is 11.5 Å². The van der Waals surface area contributed by atoms with Crippen molar-refractivity contribution in [1.29, 1.82) is 0 Å². The first-order valence-corrected chi connectivity index (χ1v) is 5.38. The van der Waals surface area contributed by atoms with Gasteiger partial charge in [0, 0.05) is 19.1 Å². The molecule has 0 bridgehead atoms. The van der Waals surface area contributed by atoms with Crippen molar-refractivity contribution in [3.05, 3.63) is 0 Å². The molecule has 5 nitrogen and oxygen atoms in total. The number of hydrogen-bond acceptors (Lipinski definition) is 2. The Morgan fingerprint density at radius 3 is 2.67 bits per heavy atom. The number of carbonyl (C=O) groups is 1. The first kappa shape index (κ1) is 11.8. The first-order valence-electron chi connectivity index (χ1n) is 5.38. The van der Waals surface area contributed by atoms with Gasteiger partial charge < -0.3 is 16.4 Å². The van der Waals surface area contributed by atoms with Crippen molar-refractivity contribution in [1.82, 2.24) is 4.90 Å². The lowest BCUT2D eigenvalue weighted by Crippen LogP contribution is -2.47. The number of rotatable bonds is 2. The van der Waals surface area contributed by atoms with Crippen LogP contribution in [0, 0.1) is 5.92 Å². The van der Waals surface area contributed by atoms with Gasteiger partial charge in [0.2, 0.25) is 5.91 Å². The topological polar surface area (TPSA) is 84.7 Å². The fourth-order valence-corrected chi connectivity index (χ4v) is 1.76. The van der Waals surface area contributed by atoms with Crippen molar-refractivity contribution in [2.45, 2.75) is 32.7 Å². The van der Waals surface area contributed by atoms with Gasteiger partial charge >= 0.3 is 0 Å². The molecule has 1 amide bonds. The maximum absolute atomic E-state index is 11.1. The van der Waals surface area contributed by atoms with Gasteiger partial charge in [0.05, 0.1) is 5.92 Å². The van der Waals surface area contributed by atoms with Crippen LogP contribution in [0.1, 0.15) is 26.7 Å². The molecule has 1 atom stereocenters. The summed E-state index contributed by atoms with van der Waals surface area (Å²) in [5.41, 5.74) is 11.1. The zero-order chi connectivity index (χ0) is 11.4. The Hall–Kier alpha value is -1.26. The van der Waals surface area contributed by atoms with Gasteiger partial charge in [0.15, 0.2) is 5.96 Å². The van der Waals surface area contributed by atoms with E-state index in [1.54, 1.807) is 0 Å². The number of carbonyl (C=O) groups excluding carboxylic acids is 1.